The highest BCUT2D eigenvalue weighted by Gasteiger charge is 2.81. The van der Waals surface area contributed by atoms with Crippen LogP contribution >= 0.6 is 0 Å². The topological polar surface area (TPSA) is 72.9 Å². The summed E-state index contributed by atoms with van der Waals surface area (Å²) in [5.74, 6) is -20.3. The standard InChI is InChI=1S/C38H40F9NO5/c1-7-18-34(30(50)53-32(2,3)4)20-27-26(28(29(49)33(27,5)6)25-11-9-8-10-12-25)21-48(34)31(51)52-22-24-15-13-23(14-16-24)17-19-35(39,40)36(41,42)37(43,44)38(45,46)47/h8-16,20H,7,17-19,21-22H2,1-6H3. The summed E-state index contributed by atoms with van der Waals surface area (Å²) < 4.78 is 131. The van der Waals surface area contributed by atoms with Crippen molar-refractivity contribution in [3.8, 4) is 0 Å². The number of nitrogens with zero attached hydrogens (tertiary/aromatic N) is 1. The van der Waals surface area contributed by atoms with Crippen LogP contribution in [0.15, 0.2) is 71.8 Å². The molecule has 2 aromatic rings. The number of amides is 1. The lowest BCUT2D eigenvalue weighted by Crippen LogP contribution is -2.60. The highest BCUT2D eigenvalue weighted by atomic mass is 19.4. The normalized spacial score (nSPS) is 19.6. The Morgan fingerprint density at radius 3 is 1.92 bits per heavy atom. The number of esters is 1. The molecule has 1 atom stereocenters. The molecule has 0 saturated carbocycles. The molecule has 4 rings (SSSR count). The molecule has 0 fully saturated rings. The summed E-state index contributed by atoms with van der Waals surface area (Å²) in [6.07, 6.45) is -8.75. The zero-order chi connectivity index (χ0) is 40.0. The van der Waals surface area contributed by atoms with E-state index >= 15 is 0 Å². The number of alkyl halides is 9. The molecule has 1 aliphatic heterocycles. The minimum atomic E-state index is -6.97. The molecule has 290 valence electrons. The molecule has 1 amide bonds. The van der Waals surface area contributed by atoms with Crippen molar-refractivity contribution in [2.75, 3.05) is 6.54 Å². The van der Waals surface area contributed by atoms with Crippen molar-refractivity contribution in [2.45, 2.75) is 109 Å². The van der Waals surface area contributed by atoms with Crippen molar-refractivity contribution in [2.24, 2.45) is 5.41 Å². The fourth-order valence-corrected chi connectivity index (χ4v) is 6.39. The number of Topliss-reactive ketones (excluding diaryl/α,β-unsaturated/α-hetero) is 1. The molecule has 2 aromatic carbocycles. The van der Waals surface area contributed by atoms with Gasteiger partial charge in [-0.25, -0.2) is 9.59 Å². The first-order chi connectivity index (χ1) is 24.2. The van der Waals surface area contributed by atoms with Crippen molar-refractivity contribution in [1.29, 1.82) is 0 Å². The number of benzene rings is 2. The number of rotatable bonds is 11. The number of ether oxygens (including phenoxy) is 2. The lowest BCUT2D eigenvalue weighted by molar-refractivity contribution is -0.396. The first-order valence-electron chi connectivity index (χ1n) is 16.8. The number of hydrogen-bond donors (Lipinski definition) is 0. The average molecular weight is 762 g/mol. The molecule has 0 saturated heterocycles. The largest absolute Gasteiger partial charge is 0.460 e. The fraction of sp³-hybridized carbons (Fsp3) is 0.500. The van der Waals surface area contributed by atoms with E-state index in [4.69, 9.17) is 9.47 Å². The first kappa shape index (κ1) is 41.5. The minimum absolute atomic E-state index is 0.0969. The highest BCUT2D eigenvalue weighted by molar-refractivity contribution is 6.29. The summed E-state index contributed by atoms with van der Waals surface area (Å²) in [7, 11) is 0. The number of allylic oxidation sites excluding steroid dienone is 1. The van der Waals surface area contributed by atoms with Crippen LogP contribution in [0.4, 0.5) is 44.3 Å². The molecule has 2 aliphatic rings. The van der Waals surface area contributed by atoms with Crippen LogP contribution in [-0.2, 0) is 32.1 Å². The lowest BCUT2D eigenvalue weighted by Gasteiger charge is -2.45. The second-order valence-electron chi connectivity index (χ2n) is 14.7. The Kier molecular flexibility index (Phi) is 11.1. The fourth-order valence-electron chi connectivity index (χ4n) is 6.39. The number of aryl methyl sites for hydroxylation is 1. The zero-order valence-electron chi connectivity index (χ0n) is 29.9. The van der Waals surface area contributed by atoms with Gasteiger partial charge in [0.15, 0.2) is 11.3 Å². The van der Waals surface area contributed by atoms with Gasteiger partial charge in [0.05, 0.1) is 12.0 Å². The number of halogens is 9. The van der Waals surface area contributed by atoms with Gasteiger partial charge in [-0.3, -0.25) is 9.69 Å². The van der Waals surface area contributed by atoms with Gasteiger partial charge >= 0.3 is 36.0 Å². The monoisotopic (exact) mass is 761 g/mol. The Balaban J connectivity index is 1.62. The maximum absolute atomic E-state index is 14.1. The van der Waals surface area contributed by atoms with Crippen molar-refractivity contribution in [3.63, 3.8) is 0 Å². The number of ketones is 1. The molecule has 53 heavy (non-hydrogen) atoms. The van der Waals surface area contributed by atoms with Crippen LogP contribution in [0.25, 0.3) is 5.57 Å². The lowest BCUT2D eigenvalue weighted by atomic mass is 9.75. The third-order valence-corrected chi connectivity index (χ3v) is 9.26. The Bertz CT molecular complexity index is 1780. The van der Waals surface area contributed by atoms with Gasteiger partial charge in [0, 0.05) is 12.0 Å². The van der Waals surface area contributed by atoms with Gasteiger partial charge in [-0.1, -0.05) is 67.9 Å². The quantitative estimate of drug-likeness (QED) is 0.169. The van der Waals surface area contributed by atoms with Gasteiger partial charge in [-0.15, -0.1) is 0 Å². The predicted molar refractivity (Wildman–Crippen MR) is 176 cm³/mol. The summed E-state index contributed by atoms with van der Waals surface area (Å²) in [6.45, 7) is 9.64. The van der Waals surface area contributed by atoms with Crippen LogP contribution in [0, 0.1) is 5.41 Å². The maximum atomic E-state index is 14.1. The molecule has 0 aromatic heterocycles. The first-order valence-corrected chi connectivity index (χ1v) is 16.8. The maximum Gasteiger partial charge on any atom is 0.460 e. The third kappa shape index (κ3) is 7.71. The highest BCUT2D eigenvalue weighted by Crippen LogP contribution is 2.55. The van der Waals surface area contributed by atoms with E-state index in [0.29, 0.717) is 28.7 Å². The number of fused-ring (bicyclic) bond motifs is 1. The molecule has 6 nitrogen and oxygen atoms in total. The molecule has 1 heterocycles. The van der Waals surface area contributed by atoms with Crippen molar-refractivity contribution in [1.82, 2.24) is 4.90 Å². The van der Waals surface area contributed by atoms with Crippen molar-refractivity contribution < 1.29 is 63.4 Å². The van der Waals surface area contributed by atoms with Crippen LogP contribution in [0.1, 0.15) is 77.5 Å². The number of hydrogen-bond acceptors (Lipinski definition) is 5. The van der Waals surface area contributed by atoms with E-state index in [0.717, 1.165) is 12.1 Å². The van der Waals surface area contributed by atoms with Gasteiger partial charge in [0.2, 0.25) is 0 Å². The summed E-state index contributed by atoms with van der Waals surface area (Å²) in [6, 6.07) is 13.6. The van der Waals surface area contributed by atoms with E-state index in [1.807, 2.05) is 0 Å². The number of carbonyl (C=O) groups excluding carboxylic acids is 3. The third-order valence-electron chi connectivity index (χ3n) is 9.26. The molecule has 0 spiro atoms. The van der Waals surface area contributed by atoms with Crippen LogP contribution in [0.2, 0.25) is 0 Å². The summed E-state index contributed by atoms with van der Waals surface area (Å²) in [4.78, 5) is 43.2. The second kappa shape index (κ2) is 14.2. The minimum Gasteiger partial charge on any atom is -0.458 e. The van der Waals surface area contributed by atoms with Crippen LogP contribution in [-0.4, -0.2) is 64.4 Å². The SMILES string of the molecule is CCCC1(C(=O)OC(C)(C)C)C=C2C(=C(c3ccccc3)C(=O)C2(C)C)CN1C(=O)OCc1ccc(CCC(F)(F)C(F)(F)C(F)(F)C(F)(F)F)cc1. The molecule has 1 unspecified atom stereocenters. The van der Waals surface area contributed by atoms with Crippen LogP contribution in [0.3, 0.4) is 0 Å². The molecule has 0 N–H and O–H groups in total. The Labute approximate surface area is 301 Å². The Hall–Kier alpha value is -4.30. The average Bonchev–Trinajstić information content (AvgIpc) is 3.25. The van der Waals surface area contributed by atoms with E-state index in [1.165, 1.54) is 17.0 Å². The molecule has 1 aliphatic carbocycles. The van der Waals surface area contributed by atoms with Crippen molar-refractivity contribution >= 4 is 23.4 Å². The van der Waals surface area contributed by atoms with E-state index in [2.05, 4.69) is 0 Å². The molecular weight excluding hydrogens is 721 g/mol. The van der Waals surface area contributed by atoms with E-state index in [1.54, 1.807) is 78.0 Å². The second-order valence-corrected chi connectivity index (χ2v) is 14.7. The van der Waals surface area contributed by atoms with Gasteiger partial charge in [-0.2, -0.15) is 39.5 Å². The van der Waals surface area contributed by atoms with Crippen LogP contribution in [0.5, 0.6) is 0 Å². The van der Waals surface area contributed by atoms with E-state index in [9.17, 15) is 53.9 Å². The Morgan fingerprint density at radius 1 is 0.830 bits per heavy atom. The van der Waals surface area contributed by atoms with E-state index < -0.39 is 72.0 Å². The Morgan fingerprint density at radius 2 is 1.40 bits per heavy atom. The van der Waals surface area contributed by atoms with Crippen LogP contribution < -0.4 is 0 Å². The zero-order valence-corrected chi connectivity index (χ0v) is 29.9. The van der Waals surface area contributed by atoms with Gasteiger partial charge in [-0.05, 0) is 81.4 Å². The predicted octanol–water partition coefficient (Wildman–Crippen LogP) is 9.91. The summed E-state index contributed by atoms with van der Waals surface area (Å²) in [5.41, 5.74) is -1.44. The van der Waals surface area contributed by atoms with Gasteiger partial charge in [0.1, 0.15) is 12.2 Å². The molecule has 0 radical (unpaired) electrons. The molecule has 0 bridgehead atoms. The number of carbonyl (C=O) groups is 3. The molecular formula is C38H40F9NO5. The van der Waals surface area contributed by atoms with Gasteiger partial charge < -0.3 is 9.47 Å². The summed E-state index contributed by atoms with van der Waals surface area (Å²) in [5, 5.41) is 0. The smallest absolute Gasteiger partial charge is 0.458 e. The van der Waals surface area contributed by atoms with Gasteiger partial charge in [0.25, 0.3) is 0 Å². The summed E-state index contributed by atoms with van der Waals surface area (Å²) >= 11 is 0. The van der Waals surface area contributed by atoms with E-state index in [-0.39, 0.29) is 29.9 Å². The van der Waals surface area contributed by atoms with Crippen molar-refractivity contribution in [3.05, 3.63) is 88.5 Å². The molecule has 15 heteroatoms.